The number of hydrogen-bond donors (Lipinski definition) is 1. The van der Waals surface area contributed by atoms with Crippen LogP contribution >= 0.6 is 0 Å². The van der Waals surface area contributed by atoms with Crippen molar-refractivity contribution < 1.29 is 13.5 Å². The van der Waals surface area contributed by atoms with E-state index in [9.17, 15) is 8.78 Å². The Bertz CT molecular complexity index is 704. The SMILES string of the molecule is FC(F)c1[nH]ncc1C1C=NN2CCC(N3CC4CC3CO4)=NC12. The number of ether oxygens (including phenoxy) is 1. The number of halogens is 2. The number of aliphatic imine (C=N–C) groups is 1. The van der Waals surface area contributed by atoms with E-state index in [1.807, 2.05) is 5.01 Å². The molecule has 5 rings (SSSR count). The third-order valence-electron chi connectivity index (χ3n) is 5.36. The van der Waals surface area contributed by atoms with Gasteiger partial charge in [0, 0.05) is 31.3 Å². The maximum absolute atomic E-state index is 13.2. The lowest BCUT2D eigenvalue weighted by Gasteiger charge is -2.36. The zero-order valence-electron chi connectivity index (χ0n) is 13.0. The van der Waals surface area contributed by atoms with E-state index in [0.29, 0.717) is 17.7 Å². The summed E-state index contributed by atoms with van der Waals surface area (Å²) in [4.78, 5) is 7.22. The number of morpholine rings is 1. The Morgan fingerprint density at radius 3 is 3.04 bits per heavy atom. The molecule has 4 aliphatic heterocycles. The number of H-pyrrole nitrogens is 1. The van der Waals surface area contributed by atoms with Gasteiger partial charge >= 0.3 is 0 Å². The first-order chi connectivity index (χ1) is 11.7. The van der Waals surface area contributed by atoms with Crippen LogP contribution in [0.25, 0.3) is 0 Å². The Morgan fingerprint density at radius 2 is 2.29 bits per heavy atom. The molecule has 7 nitrogen and oxygen atoms in total. The van der Waals surface area contributed by atoms with Crippen molar-refractivity contribution in [1.82, 2.24) is 20.1 Å². The monoisotopic (exact) mass is 336 g/mol. The second kappa shape index (κ2) is 5.23. The summed E-state index contributed by atoms with van der Waals surface area (Å²) in [7, 11) is 0. The van der Waals surface area contributed by atoms with Crippen molar-refractivity contribution in [3.8, 4) is 0 Å². The smallest absolute Gasteiger partial charge is 0.280 e. The van der Waals surface area contributed by atoms with Gasteiger partial charge in [0.15, 0.2) is 6.17 Å². The number of likely N-dealkylation sites (tertiary alicyclic amines) is 1. The molecule has 0 aromatic carbocycles. The first kappa shape index (κ1) is 14.3. The van der Waals surface area contributed by atoms with Gasteiger partial charge in [-0.25, -0.2) is 13.8 Å². The Morgan fingerprint density at radius 1 is 1.38 bits per heavy atom. The van der Waals surface area contributed by atoms with Crippen LogP contribution in [0.2, 0.25) is 0 Å². The van der Waals surface area contributed by atoms with Crippen LogP contribution in [0.5, 0.6) is 0 Å². The Balaban J connectivity index is 1.44. The zero-order valence-corrected chi connectivity index (χ0v) is 13.0. The van der Waals surface area contributed by atoms with Crippen molar-refractivity contribution >= 4 is 12.1 Å². The van der Waals surface area contributed by atoms with Crippen molar-refractivity contribution in [2.45, 2.75) is 43.5 Å². The molecule has 1 aromatic rings. The normalized spacial score (nSPS) is 34.4. The molecule has 1 N–H and O–H groups in total. The van der Waals surface area contributed by atoms with Crippen LogP contribution in [0.15, 0.2) is 16.3 Å². The van der Waals surface area contributed by atoms with E-state index in [1.54, 1.807) is 6.21 Å². The van der Waals surface area contributed by atoms with E-state index in [2.05, 4.69) is 20.2 Å². The van der Waals surface area contributed by atoms with Crippen LogP contribution in [0.4, 0.5) is 8.78 Å². The molecule has 2 bridgehead atoms. The fourth-order valence-corrected chi connectivity index (χ4v) is 4.18. The summed E-state index contributed by atoms with van der Waals surface area (Å²) in [6.45, 7) is 2.40. The molecule has 128 valence electrons. The molecule has 9 heteroatoms. The number of rotatable bonds is 2. The lowest BCUT2D eigenvalue weighted by molar-refractivity contribution is 0.0541. The van der Waals surface area contributed by atoms with Gasteiger partial charge in [-0.05, 0) is 6.42 Å². The molecule has 2 saturated heterocycles. The maximum atomic E-state index is 13.2. The van der Waals surface area contributed by atoms with Crippen LogP contribution in [-0.4, -0.2) is 70.2 Å². The van der Waals surface area contributed by atoms with Gasteiger partial charge in [0.2, 0.25) is 0 Å². The summed E-state index contributed by atoms with van der Waals surface area (Å²) < 4.78 is 32.0. The lowest BCUT2D eigenvalue weighted by Crippen LogP contribution is -2.47. The van der Waals surface area contributed by atoms with E-state index in [0.717, 1.165) is 38.4 Å². The second-order valence-electron chi connectivity index (χ2n) is 6.70. The minimum Gasteiger partial charge on any atom is -0.374 e. The minimum atomic E-state index is -2.58. The molecular weight excluding hydrogens is 318 g/mol. The average molecular weight is 336 g/mol. The summed E-state index contributed by atoms with van der Waals surface area (Å²) >= 11 is 0. The highest BCUT2D eigenvalue weighted by atomic mass is 19.3. The quantitative estimate of drug-likeness (QED) is 0.885. The van der Waals surface area contributed by atoms with Crippen LogP contribution in [0, 0.1) is 0 Å². The van der Waals surface area contributed by atoms with Crippen LogP contribution in [0.3, 0.4) is 0 Å². The molecular formula is C15H18F2N6O. The van der Waals surface area contributed by atoms with Gasteiger partial charge in [-0.1, -0.05) is 0 Å². The van der Waals surface area contributed by atoms with Crippen molar-refractivity contribution in [2.75, 3.05) is 19.7 Å². The third-order valence-corrected chi connectivity index (χ3v) is 5.36. The van der Waals surface area contributed by atoms with Crippen molar-refractivity contribution in [2.24, 2.45) is 10.1 Å². The standard InChI is InChI=1S/C15H18F2N6O/c16-14(17)13-10(4-18-21-13)11-5-19-23-2-1-12(20-15(11)23)22-6-9-3-8(22)7-24-9/h4-5,8-9,11,14-15H,1-3,6-7H2,(H,18,21). The molecule has 0 radical (unpaired) electrons. The fraction of sp³-hybridized carbons (Fsp3) is 0.667. The predicted molar refractivity (Wildman–Crippen MR) is 82.2 cm³/mol. The number of fused-ring (bicyclic) bond motifs is 3. The molecule has 0 aliphatic carbocycles. The van der Waals surface area contributed by atoms with E-state index in [-0.39, 0.29) is 17.8 Å². The number of aromatic amines is 1. The highest BCUT2D eigenvalue weighted by molar-refractivity contribution is 5.85. The van der Waals surface area contributed by atoms with Crippen LogP contribution in [0.1, 0.15) is 36.4 Å². The predicted octanol–water partition coefficient (Wildman–Crippen LogP) is 1.33. The van der Waals surface area contributed by atoms with Gasteiger partial charge in [0.05, 0.1) is 30.9 Å². The molecule has 4 aliphatic rings. The maximum Gasteiger partial charge on any atom is 0.280 e. The zero-order chi connectivity index (χ0) is 16.3. The van der Waals surface area contributed by atoms with Gasteiger partial charge in [0.25, 0.3) is 6.43 Å². The molecule has 5 heterocycles. The van der Waals surface area contributed by atoms with E-state index >= 15 is 0 Å². The third kappa shape index (κ3) is 2.07. The topological polar surface area (TPSA) is 69.1 Å². The van der Waals surface area contributed by atoms with Gasteiger partial charge in [0.1, 0.15) is 11.5 Å². The number of nitrogens with one attached hydrogen (secondary N) is 1. The number of alkyl halides is 2. The molecule has 0 saturated carbocycles. The van der Waals surface area contributed by atoms with Crippen LogP contribution in [-0.2, 0) is 4.74 Å². The van der Waals surface area contributed by atoms with Crippen LogP contribution < -0.4 is 0 Å². The first-order valence-corrected chi connectivity index (χ1v) is 8.27. The number of hydrazone groups is 1. The lowest BCUT2D eigenvalue weighted by atomic mass is 9.97. The van der Waals surface area contributed by atoms with E-state index in [1.165, 1.54) is 6.20 Å². The van der Waals surface area contributed by atoms with Crippen molar-refractivity contribution in [3.63, 3.8) is 0 Å². The highest BCUT2D eigenvalue weighted by Crippen LogP contribution is 2.36. The van der Waals surface area contributed by atoms with Crippen molar-refractivity contribution in [1.29, 1.82) is 0 Å². The highest BCUT2D eigenvalue weighted by Gasteiger charge is 2.43. The summed E-state index contributed by atoms with van der Waals surface area (Å²) in [5.74, 6) is 0.767. The Hall–Kier alpha value is -2.03. The summed E-state index contributed by atoms with van der Waals surface area (Å²) in [6.07, 6.45) is 2.55. The number of amidine groups is 1. The van der Waals surface area contributed by atoms with Gasteiger partial charge in [-0.2, -0.15) is 10.2 Å². The minimum absolute atomic E-state index is 0.135. The molecule has 4 unspecified atom stereocenters. The largest absolute Gasteiger partial charge is 0.374 e. The van der Waals surface area contributed by atoms with E-state index < -0.39 is 6.43 Å². The van der Waals surface area contributed by atoms with E-state index in [4.69, 9.17) is 9.73 Å². The molecule has 1 aromatic heterocycles. The number of aromatic nitrogens is 2. The Kier molecular flexibility index (Phi) is 3.12. The second-order valence-corrected chi connectivity index (χ2v) is 6.70. The fourth-order valence-electron chi connectivity index (χ4n) is 4.18. The Labute approximate surface area is 137 Å². The molecule has 2 fully saturated rings. The molecule has 4 atom stereocenters. The molecule has 24 heavy (non-hydrogen) atoms. The van der Waals surface area contributed by atoms with Gasteiger partial charge in [-0.15, -0.1) is 0 Å². The van der Waals surface area contributed by atoms with Gasteiger partial charge < -0.3 is 9.64 Å². The first-order valence-electron chi connectivity index (χ1n) is 8.27. The molecule has 0 spiro atoms. The van der Waals surface area contributed by atoms with Gasteiger partial charge in [-0.3, -0.25) is 10.1 Å². The number of nitrogens with zero attached hydrogens (tertiary/aromatic N) is 5. The summed E-state index contributed by atoms with van der Waals surface area (Å²) in [5, 5.41) is 12.5. The summed E-state index contributed by atoms with van der Waals surface area (Å²) in [6, 6.07) is 0.409. The van der Waals surface area contributed by atoms with Crippen molar-refractivity contribution in [3.05, 3.63) is 17.5 Å². The number of hydrogen-bond acceptors (Lipinski definition) is 6. The average Bonchev–Trinajstić information content (AvgIpc) is 3.35. The molecule has 0 amide bonds. The summed E-state index contributed by atoms with van der Waals surface area (Å²) in [5.41, 5.74) is 0.349.